The van der Waals surface area contributed by atoms with Crippen molar-refractivity contribution in [2.75, 3.05) is 18.5 Å². The second kappa shape index (κ2) is 8.61. The van der Waals surface area contributed by atoms with Crippen molar-refractivity contribution < 1.29 is 9.53 Å². The molecule has 0 unspecified atom stereocenters. The van der Waals surface area contributed by atoms with Crippen molar-refractivity contribution in [2.45, 2.75) is 26.2 Å². The van der Waals surface area contributed by atoms with Crippen LogP contribution in [0.25, 0.3) is 0 Å². The topological polar surface area (TPSA) is 64.3 Å². The highest BCUT2D eigenvalue weighted by atomic mass is 32.1. The van der Waals surface area contributed by atoms with E-state index in [4.69, 9.17) is 22.7 Å². The number of benzene rings is 1. The summed E-state index contributed by atoms with van der Waals surface area (Å²) in [5, 5.41) is 2.84. The van der Waals surface area contributed by atoms with E-state index < -0.39 is 0 Å². The van der Waals surface area contributed by atoms with Gasteiger partial charge in [-0.3, -0.25) is 4.79 Å². The number of anilines is 1. The van der Waals surface area contributed by atoms with Crippen LogP contribution in [0.4, 0.5) is 5.69 Å². The first-order valence-electron chi connectivity index (χ1n) is 6.36. The summed E-state index contributed by atoms with van der Waals surface area (Å²) >= 11 is 4.85. The minimum Gasteiger partial charge on any atom is -0.393 e. The molecule has 0 aliphatic heterocycles. The molecule has 0 saturated carbocycles. The van der Waals surface area contributed by atoms with Crippen molar-refractivity contribution in [2.24, 2.45) is 5.73 Å². The number of hydrogen-bond acceptors (Lipinski definition) is 3. The molecule has 19 heavy (non-hydrogen) atoms. The van der Waals surface area contributed by atoms with Gasteiger partial charge in [-0.25, -0.2) is 0 Å². The summed E-state index contributed by atoms with van der Waals surface area (Å²) in [7, 11) is 0. The molecule has 1 rings (SSSR count). The zero-order valence-electron chi connectivity index (χ0n) is 11.1. The summed E-state index contributed by atoms with van der Waals surface area (Å²) in [6.07, 6.45) is 1.78. The van der Waals surface area contributed by atoms with Gasteiger partial charge in [-0.1, -0.05) is 24.4 Å². The number of carbonyl (C=O) groups excluding carboxylic acids is 1. The van der Waals surface area contributed by atoms with Crippen LogP contribution < -0.4 is 11.1 Å². The van der Waals surface area contributed by atoms with E-state index >= 15 is 0 Å². The number of amides is 1. The Morgan fingerprint density at radius 2 is 2.05 bits per heavy atom. The first kappa shape index (κ1) is 15.6. The average molecular weight is 280 g/mol. The molecule has 0 saturated heterocycles. The number of nitrogens with one attached hydrogen (secondary N) is 1. The van der Waals surface area contributed by atoms with E-state index in [1.54, 1.807) is 0 Å². The van der Waals surface area contributed by atoms with Gasteiger partial charge in [-0.15, -0.1) is 0 Å². The number of rotatable bonds is 8. The standard InChI is InChI=1S/C14H20N2O2S/c1-2-18-9-3-4-14(17)16-12-7-5-11(6-8-12)10-13(15)19/h5-8H,2-4,9-10H2,1H3,(H2,15,19)(H,16,17). The molecule has 1 amide bonds. The largest absolute Gasteiger partial charge is 0.393 e. The number of carbonyl (C=O) groups is 1. The van der Waals surface area contributed by atoms with Crippen LogP contribution in [-0.2, 0) is 16.0 Å². The quantitative estimate of drug-likeness (QED) is 0.566. The molecule has 0 spiro atoms. The number of ether oxygens (including phenoxy) is 1. The second-order valence-electron chi connectivity index (χ2n) is 4.19. The van der Waals surface area contributed by atoms with Crippen LogP contribution in [0.15, 0.2) is 24.3 Å². The number of thiocarbonyl (C=S) groups is 1. The zero-order chi connectivity index (χ0) is 14.1. The molecule has 4 nitrogen and oxygen atoms in total. The summed E-state index contributed by atoms with van der Waals surface area (Å²) in [5.41, 5.74) is 7.30. The maximum atomic E-state index is 11.6. The molecule has 1 aromatic carbocycles. The fraction of sp³-hybridized carbons (Fsp3) is 0.429. The van der Waals surface area contributed by atoms with E-state index in [0.29, 0.717) is 31.0 Å². The lowest BCUT2D eigenvalue weighted by atomic mass is 10.1. The van der Waals surface area contributed by atoms with Crippen LogP contribution in [0.2, 0.25) is 0 Å². The zero-order valence-corrected chi connectivity index (χ0v) is 12.0. The van der Waals surface area contributed by atoms with Gasteiger partial charge in [0.25, 0.3) is 0 Å². The summed E-state index contributed by atoms with van der Waals surface area (Å²) in [5.74, 6) is 0.00167. The van der Waals surface area contributed by atoms with E-state index in [-0.39, 0.29) is 5.91 Å². The monoisotopic (exact) mass is 280 g/mol. The summed E-state index contributed by atoms with van der Waals surface area (Å²) in [4.78, 5) is 12.1. The normalized spacial score (nSPS) is 10.2. The summed E-state index contributed by atoms with van der Waals surface area (Å²) < 4.78 is 5.18. The molecule has 0 bridgehead atoms. The molecule has 3 N–H and O–H groups in total. The Kier molecular flexibility index (Phi) is 7.07. The molecule has 0 radical (unpaired) electrons. The van der Waals surface area contributed by atoms with Gasteiger partial charge in [-0.2, -0.15) is 0 Å². The van der Waals surface area contributed by atoms with Crippen LogP contribution in [-0.4, -0.2) is 24.1 Å². The lowest BCUT2D eigenvalue weighted by Crippen LogP contribution is -2.13. The second-order valence-corrected chi connectivity index (χ2v) is 4.71. The van der Waals surface area contributed by atoms with E-state index in [9.17, 15) is 4.79 Å². The van der Waals surface area contributed by atoms with Crippen molar-refractivity contribution in [3.05, 3.63) is 29.8 Å². The molecule has 1 aromatic rings. The van der Waals surface area contributed by atoms with Gasteiger partial charge in [0.15, 0.2) is 0 Å². The van der Waals surface area contributed by atoms with E-state index in [1.807, 2.05) is 31.2 Å². The van der Waals surface area contributed by atoms with Gasteiger partial charge in [0.05, 0.1) is 4.99 Å². The number of hydrogen-bond donors (Lipinski definition) is 2. The van der Waals surface area contributed by atoms with Crippen molar-refractivity contribution in [1.29, 1.82) is 0 Å². The predicted molar refractivity (Wildman–Crippen MR) is 81.3 cm³/mol. The van der Waals surface area contributed by atoms with Gasteiger partial charge in [0.1, 0.15) is 0 Å². The Balaban J connectivity index is 2.36. The highest BCUT2D eigenvalue weighted by Gasteiger charge is 2.02. The van der Waals surface area contributed by atoms with E-state index in [0.717, 1.165) is 17.7 Å². The minimum absolute atomic E-state index is 0.00167. The molecule has 0 aliphatic rings. The minimum atomic E-state index is 0.00167. The van der Waals surface area contributed by atoms with E-state index in [1.165, 1.54) is 0 Å². The van der Waals surface area contributed by atoms with Crippen LogP contribution in [0.3, 0.4) is 0 Å². The molecule has 0 aliphatic carbocycles. The van der Waals surface area contributed by atoms with Gasteiger partial charge in [0, 0.05) is 31.7 Å². The highest BCUT2D eigenvalue weighted by Crippen LogP contribution is 2.10. The smallest absolute Gasteiger partial charge is 0.224 e. The SMILES string of the molecule is CCOCCCC(=O)Nc1ccc(CC(N)=S)cc1. The molecular weight excluding hydrogens is 260 g/mol. The lowest BCUT2D eigenvalue weighted by Gasteiger charge is -2.06. The van der Waals surface area contributed by atoms with E-state index in [2.05, 4.69) is 5.32 Å². The Bertz CT molecular complexity index is 418. The fourth-order valence-corrected chi connectivity index (χ4v) is 1.78. The van der Waals surface area contributed by atoms with Crippen molar-refractivity contribution >= 4 is 28.8 Å². The Morgan fingerprint density at radius 1 is 1.37 bits per heavy atom. The lowest BCUT2D eigenvalue weighted by molar-refractivity contribution is -0.116. The molecule has 0 heterocycles. The predicted octanol–water partition coefficient (Wildman–Crippen LogP) is 2.27. The molecule has 0 aromatic heterocycles. The molecule has 0 atom stereocenters. The maximum absolute atomic E-state index is 11.6. The molecule has 0 fully saturated rings. The van der Waals surface area contributed by atoms with Crippen molar-refractivity contribution in [3.63, 3.8) is 0 Å². The maximum Gasteiger partial charge on any atom is 0.224 e. The fourth-order valence-electron chi connectivity index (χ4n) is 1.61. The van der Waals surface area contributed by atoms with Crippen LogP contribution >= 0.6 is 12.2 Å². The van der Waals surface area contributed by atoms with Gasteiger partial charge < -0.3 is 15.8 Å². The summed E-state index contributed by atoms with van der Waals surface area (Å²) in [6, 6.07) is 7.53. The van der Waals surface area contributed by atoms with Crippen molar-refractivity contribution in [1.82, 2.24) is 0 Å². The Labute approximate surface area is 119 Å². The Morgan fingerprint density at radius 3 is 2.63 bits per heavy atom. The van der Waals surface area contributed by atoms with Gasteiger partial charge in [0.2, 0.25) is 5.91 Å². The van der Waals surface area contributed by atoms with Crippen molar-refractivity contribution in [3.8, 4) is 0 Å². The molecule has 5 heteroatoms. The molecule has 104 valence electrons. The van der Waals surface area contributed by atoms with Crippen LogP contribution in [0, 0.1) is 0 Å². The first-order chi connectivity index (χ1) is 9.11. The molecular formula is C14H20N2O2S. The van der Waals surface area contributed by atoms with Crippen LogP contribution in [0.1, 0.15) is 25.3 Å². The third kappa shape index (κ3) is 6.88. The van der Waals surface area contributed by atoms with Gasteiger partial charge >= 0.3 is 0 Å². The average Bonchev–Trinajstić information content (AvgIpc) is 2.36. The third-order valence-electron chi connectivity index (χ3n) is 2.51. The Hall–Kier alpha value is -1.46. The first-order valence-corrected chi connectivity index (χ1v) is 6.77. The van der Waals surface area contributed by atoms with Crippen LogP contribution in [0.5, 0.6) is 0 Å². The van der Waals surface area contributed by atoms with Gasteiger partial charge in [-0.05, 0) is 31.0 Å². The summed E-state index contributed by atoms with van der Waals surface area (Å²) in [6.45, 7) is 3.25. The highest BCUT2D eigenvalue weighted by molar-refractivity contribution is 7.80. The number of nitrogens with two attached hydrogens (primary N) is 1. The third-order valence-corrected chi connectivity index (χ3v) is 2.66.